The maximum atomic E-state index is 2.58. The van der Waals surface area contributed by atoms with Gasteiger partial charge in [-0.1, -0.05) is 218 Å². The molecule has 3 heterocycles. The molecule has 14 aromatic rings. The smallest absolute Gasteiger partial charge is 0.181 e. The second kappa shape index (κ2) is 16.1. The van der Waals surface area contributed by atoms with Crippen molar-refractivity contribution in [3.05, 3.63) is 273 Å². The Labute approximate surface area is 407 Å². The summed E-state index contributed by atoms with van der Waals surface area (Å²) in [5.74, 6) is 0. The molecular weight excluding hydrogens is 863 g/mol. The van der Waals surface area contributed by atoms with E-state index in [2.05, 4.69) is 287 Å². The van der Waals surface area contributed by atoms with Crippen molar-refractivity contribution in [2.24, 2.45) is 0 Å². The molecule has 0 saturated carbocycles. The maximum absolute atomic E-state index is 2.99. The highest BCUT2D eigenvalue weighted by Gasteiger charge is 2.43. The number of hydrogen-bond acceptors (Lipinski definition) is 0. The number of benzene rings is 11. The zero-order valence-corrected chi connectivity index (χ0v) is 39.3. The van der Waals surface area contributed by atoms with Gasteiger partial charge in [0.25, 0.3) is 0 Å². The lowest BCUT2D eigenvalue weighted by Crippen LogP contribution is -2.75. The molecule has 0 saturated heterocycles. The van der Waals surface area contributed by atoms with E-state index in [1.807, 2.05) is 0 Å². The molecule has 0 aliphatic rings. The van der Waals surface area contributed by atoms with Gasteiger partial charge in [0.1, 0.15) is 0 Å². The first-order valence-electron chi connectivity index (χ1n) is 24.2. The average Bonchev–Trinajstić information content (AvgIpc) is 4.08. The normalized spacial score (nSPS) is 12.0. The minimum Gasteiger partial charge on any atom is -0.309 e. The second-order valence-corrected chi connectivity index (χ2v) is 22.2. The van der Waals surface area contributed by atoms with Crippen LogP contribution in [-0.2, 0) is 0 Å². The zero-order valence-electron chi connectivity index (χ0n) is 38.3. The van der Waals surface area contributed by atoms with Gasteiger partial charge in [-0.2, -0.15) is 0 Å². The lowest BCUT2D eigenvalue weighted by atomic mass is 10.1. The number of hydrogen-bond donors (Lipinski definition) is 0. The summed E-state index contributed by atoms with van der Waals surface area (Å²) in [7, 11) is -2.99. The van der Waals surface area contributed by atoms with Crippen molar-refractivity contribution in [1.29, 1.82) is 0 Å². The molecule has 11 aromatic carbocycles. The highest BCUT2D eigenvalue weighted by Crippen LogP contribution is 2.42. The van der Waals surface area contributed by atoms with Gasteiger partial charge in [-0.15, -0.1) is 0 Å². The van der Waals surface area contributed by atoms with Crippen molar-refractivity contribution >= 4 is 94.2 Å². The molecule has 0 aliphatic heterocycles. The third kappa shape index (κ3) is 5.94. The molecule has 328 valence electrons. The van der Waals surface area contributed by atoms with Gasteiger partial charge >= 0.3 is 0 Å². The predicted octanol–water partition coefficient (Wildman–Crippen LogP) is 14.0. The molecule has 0 unspecified atom stereocenters. The van der Waals surface area contributed by atoms with Crippen molar-refractivity contribution in [3.8, 4) is 28.2 Å². The van der Waals surface area contributed by atoms with E-state index in [9.17, 15) is 0 Å². The molecule has 0 spiro atoms. The standard InChI is InChI=1S/C66H45N3Si/c1-5-22-46(23-6-1)47-24-19-25-48(44-47)67-61-39-21-40-62(69-59-37-17-13-32-53(59)54-33-14-18-38-60(54)69)65(61)57-43-42-49(45-63(57)67)68-58-36-16-15-34-55(58)56-35-20-41-64(66(56)68)70(50-26-7-2-8-27-50,51-28-9-3-10-29-51)52-30-11-4-12-31-52/h1-45H. The van der Waals surface area contributed by atoms with Crippen LogP contribution in [-0.4, -0.2) is 21.8 Å². The van der Waals surface area contributed by atoms with Gasteiger partial charge in [0, 0.05) is 43.7 Å². The summed E-state index contributed by atoms with van der Waals surface area (Å²) in [5, 5.41) is 12.8. The molecule has 3 aromatic heterocycles. The fourth-order valence-electron chi connectivity index (χ4n) is 11.9. The van der Waals surface area contributed by atoms with Crippen molar-refractivity contribution in [2.45, 2.75) is 0 Å². The number of aromatic nitrogens is 3. The van der Waals surface area contributed by atoms with Gasteiger partial charge in [0.05, 0.1) is 38.8 Å². The summed E-state index contributed by atoms with van der Waals surface area (Å²) in [4.78, 5) is 0. The minimum absolute atomic E-state index is 1.12. The second-order valence-electron chi connectivity index (χ2n) is 18.4. The topological polar surface area (TPSA) is 14.8 Å². The SMILES string of the molecule is c1ccc(-c2cccc(-n3c4cc(-n5c6ccccc6c6cccc([Si](c7ccccc7)(c7ccccc7)c7ccccc7)c65)ccc4c4c(-n5c6ccccc6c6ccccc65)cccc43)c2)cc1. The number of para-hydroxylation sites is 4. The van der Waals surface area contributed by atoms with Crippen LogP contribution in [0.4, 0.5) is 0 Å². The van der Waals surface area contributed by atoms with Gasteiger partial charge in [-0.25, -0.2) is 0 Å². The van der Waals surface area contributed by atoms with E-state index in [1.165, 1.54) is 86.3 Å². The Bertz CT molecular complexity index is 4130. The Kier molecular flexibility index (Phi) is 9.23. The summed E-state index contributed by atoms with van der Waals surface area (Å²) in [6.07, 6.45) is 0. The first-order valence-corrected chi connectivity index (χ1v) is 26.2. The minimum atomic E-state index is -2.99. The first kappa shape index (κ1) is 40.1. The van der Waals surface area contributed by atoms with Gasteiger partial charge in [-0.05, 0) is 86.5 Å². The van der Waals surface area contributed by atoms with E-state index in [4.69, 9.17) is 0 Å². The summed E-state index contributed by atoms with van der Waals surface area (Å²) in [6, 6.07) is 101. The Morgan fingerprint density at radius 1 is 0.257 bits per heavy atom. The molecule has 0 atom stereocenters. The van der Waals surface area contributed by atoms with Crippen molar-refractivity contribution in [1.82, 2.24) is 13.7 Å². The molecule has 0 bridgehead atoms. The highest BCUT2D eigenvalue weighted by atomic mass is 28.3. The maximum Gasteiger partial charge on any atom is 0.181 e. The van der Waals surface area contributed by atoms with Crippen LogP contribution in [0.15, 0.2) is 273 Å². The zero-order chi connectivity index (χ0) is 46.2. The van der Waals surface area contributed by atoms with E-state index in [1.54, 1.807) is 0 Å². The molecule has 0 amide bonds. The van der Waals surface area contributed by atoms with Crippen LogP contribution in [0.1, 0.15) is 0 Å². The summed E-state index contributed by atoms with van der Waals surface area (Å²) in [6.45, 7) is 0. The Morgan fingerprint density at radius 3 is 1.33 bits per heavy atom. The number of fused-ring (bicyclic) bond motifs is 9. The van der Waals surface area contributed by atoms with E-state index in [-0.39, 0.29) is 0 Å². The molecule has 70 heavy (non-hydrogen) atoms. The van der Waals surface area contributed by atoms with Gasteiger partial charge in [-0.3, -0.25) is 0 Å². The third-order valence-electron chi connectivity index (χ3n) is 14.8. The van der Waals surface area contributed by atoms with Crippen molar-refractivity contribution < 1.29 is 0 Å². The summed E-state index contributed by atoms with van der Waals surface area (Å²) >= 11 is 0. The third-order valence-corrected chi connectivity index (χ3v) is 19.6. The molecular formula is C66H45N3Si. The Balaban J connectivity index is 1.12. The van der Waals surface area contributed by atoms with Gasteiger partial charge < -0.3 is 13.7 Å². The van der Waals surface area contributed by atoms with E-state index >= 15 is 0 Å². The van der Waals surface area contributed by atoms with Gasteiger partial charge in [0.15, 0.2) is 8.07 Å². The van der Waals surface area contributed by atoms with Crippen molar-refractivity contribution in [2.75, 3.05) is 0 Å². The van der Waals surface area contributed by atoms with E-state index < -0.39 is 8.07 Å². The number of nitrogens with zero attached hydrogens (tertiary/aromatic N) is 3. The summed E-state index contributed by atoms with van der Waals surface area (Å²) in [5.41, 5.74) is 12.9. The molecule has 14 rings (SSSR count). The largest absolute Gasteiger partial charge is 0.309 e. The lowest BCUT2D eigenvalue weighted by Gasteiger charge is -2.35. The lowest BCUT2D eigenvalue weighted by molar-refractivity contribution is 1.15. The predicted molar refractivity (Wildman–Crippen MR) is 299 cm³/mol. The van der Waals surface area contributed by atoms with E-state index in [0.717, 1.165) is 28.1 Å². The molecule has 0 radical (unpaired) electrons. The molecule has 0 fully saturated rings. The Morgan fingerprint density at radius 2 is 0.714 bits per heavy atom. The van der Waals surface area contributed by atoms with Gasteiger partial charge in [0.2, 0.25) is 0 Å². The summed E-state index contributed by atoms with van der Waals surface area (Å²) < 4.78 is 7.56. The van der Waals surface area contributed by atoms with Crippen LogP contribution in [0, 0.1) is 0 Å². The fraction of sp³-hybridized carbons (Fsp3) is 0. The molecule has 0 N–H and O–H groups in total. The molecule has 0 aliphatic carbocycles. The average molecular weight is 908 g/mol. The monoisotopic (exact) mass is 907 g/mol. The molecule has 4 heteroatoms. The van der Waals surface area contributed by atoms with Crippen LogP contribution in [0.25, 0.3) is 93.6 Å². The van der Waals surface area contributed by atoms with Crippen LogP contribution < -0.4 is 20.7 Å². The highest BCUT2D eigenvalue weighted by molar-refractivity contribution is 7.20. The first-order chi connectivity index (χ1) is 34.8. The van der Waals surface area contributed by atoms with Crippen molar-refractivity contribution in [3.63, 3.8) is 0 Å². The van der Waals surface area contributed by atoms with Crippen LogP contribution in [0.2, 0.25) is 0 Å². The Hall–Kier alpha value is -8.96. The van der Waals surface area contributed by atoms with E-state index in [0.29, 0.717) is 0 Å². The quantitative estimate of drug-likeness (QED) is 0.107. The van der Waals surface area contributed by atoms with Crippen LogP contribution >= 0.6 is 0 Å². The fourth-order valence-corrected chi connectivity index (χ4v) is 16.9. The van der Waals surface area contributed by atoms with Crippen LogP contribution in [0.5, 0.6) is 0 Å². The number of rotatable bonds is 8. The molecule has 3 nitrogen and oxygen atoms in total. The van der Waals surface area contributed by atoms with Crippen LogP contribution in [0.3, 0.4) is 0 Å².